The molecule has 1 aromatic heterocycles. The average Bonchev–Trinajstić information content (AvgIpc) is 3.42. The lowest BCUT2D eigenvalue weighted by Crippen LogP contribution is -2.44. The predicted octanol–water partition coefficient (Wildman–Crippen LogP) is 5.49. The molecule has 0 radical (unpaired) electrons. The van der Waals surface area contributed by atoms with E-state index in [0.717, 1.165) is 39.7 Å². The van der Waals surface area contributed by atoms with E-state index in [1.165, 1.54) is 4.90 Å². The number of hydrogen-bond donors (Lipinski definition) is 2. The number of nitrogens with zero attached hydrogens (tertiary/aromatic N) is 2. The van der Waals surface area contributed by atoms with Crippen molar-refractivity contribution in [2.24, 2.45) is 0 Å². The Balaban J connectivity index is 1.39. The highest BCUT2D eigenvalue weighted by Gasteiger charge is 2.53. The van der Waals surface area contributed by atoms with Crippen LogP contribution in [0.4, 0.5) is 10.5 Å². The molecule has 4 amide bonds. The third kappa shape index (κ3) is 3.77. The van der Waals surface area contributed by atoms with Crippen molar-refractivity contribution in [2.75, 3.05) is 4.90 Å². The number of benzene rings is 3. The highest BCUT2D eigenvalue weighted by atomic mass is 16.2. The summed E-state index contributed by atoms with van der Waals surface area (Å²) >= 11 is 0. The number of urea groups is 1. The maximum atomic E-state index is 14.0. The smallest absolute Gasteiger partial charge is 0.332 e. The second-order valence-electron chi connectivity index (χ2n) is 10.3. The number of carbonyl (C=O) groups is 3. The van der Waals surface area contributed by atoms with Gasteiger partial charge in [-0.25, -0.2) is 9.69 Å². The van der Waals surface area contributed by atoms with E-state index in [4.69, 9.17) is 0 Å². The lowest BCUT2D eigenvalue weighted by molar-refractivity contribution is -0.120. The SMILES string of the molecule is CC[C@H](C)NC(=O)c1ccc(N2C(=O)[C@@H]3Cc4c([nH]c5ccccc45)[C@@H](c4ccc(C)cc4)N3C2=O)cc1. The molecule has 0 saturated carbocycles. The van der Waals surface area contributed by atoms with Crippen LogP contribution < -0.4 is 10.2 Å². The maximum absolute atomic E-state index is 14.0. The van der Waals surface area contributed by atoms with Crippen LogP contribution in [0.2, 0.25) is 0 Å². The van der Waals surface area contributed by atoms with Gasteiger partial charge in [-0.05, 0) is 61.7 Å². The van der Waals surface area contributed by atoms with Crippen LogP contribution in [-0.2, 0) is 11.2 Å². The minimum atomic E-state index is -0.617. The van der Waals surface area contributed by atoms with Gasteiger partial charge in [-0.3, -0.25) is 14.5 Å². The number of aryl methyl sites for hydroxylation is 1. The number of fused-ring (bicyclic) bond motifs is 4. The number of carbonyl (C=O) groups excluding carboxylic acids is 3. The molecule has 3 atom stereocenters. The first kappa shape index (κ1) is 24.0. The summed E-state index contributed by atoms with van der Waals surface area (Å²) in [5.41, 5.74) is 6.06. The van der Waals surface area contributed by atoms with Crippen molar-refractivity contribution in [3.63, 3.8) is 0 Å². The molecule has 0 unspecified atom stereocenters. The molecule has 0 spiro atoms. The molecule has 2 N–H and O–H groups in total. The number of para-hydroxylation sites is 1. The number of amides is 4. The highest BCUT2D eigenvalue weighted by Crippen LogP contribution is 2.44. The van der Waals surface area contributed by atoms with Gasteiger partial charge in [0.1, 0.15) is 12.1 Å². The van der Waals surface area contributed by atoms with Crippen LogP contribution in [0.1, 0.15) is 59.1 Å². The van der Waals surface area contributed by atoms with Gasteiger partial charge in [-0.1, -0.05) is 55.0 Å². The first-order valence-corrected chi connectivity index (χ1v) is 13.1. The third-order valence-electron chi connectivity index (χ3n) is 7.82. The van der Waals surface area contributed by atoms with E-state index in [-0.39, 0.29) is 23.9 Å². The Labute approximate surface area is 221 Å². The maximum Gasteiger partial charge on any atom is 0.332 e. The summed E-state index contributed by atoms with van der Waals surface area (Å²) in [5.74, 6) is -0.424. The fraction of sp³-hybridized carbons (Fsp3) is 0.258. The van der Waals surface area contributed by atoms with Gasteiger partial charge in [0, 0.05) is 34.6 Å². The van der Waals surface area contributed by atoms with E-state index in [1.807, 2.05) is 63.2 Å². The molecule has 0 aliphatic carbocycles. The van der Waals surface area contributed by atoms with Crippen molar-refractivity contribution >= 4 is 34.4 Å². The lowest BCUT2D eigenvalue weighted by Gasteiger charge is -2.36. The summed E-state index contributed by atoms with van der Waals surface area (Å²) in [7, 11) is 0. The van der Waals surface area contributed by atoms with Gasteiger partial charge < -0.3 is 10.3 Å². The van der Waals surface area contributed by atoms with Gasteiger partial charge in [0.05, 0.1) is 5.69 Å². The van der Waals surface area contributed by atoms with Gasteiger partial charge >= 0.3 is 6.03 Å². The Morgan fingerprint density at radius 2 is 1.74 bits per heavy atom. The zero-order valence-corrected chi connectivity index (χ0v) is 21.7. The fourth-order valence-electron chi connectivity index (χ4n) is 5.58. The number of nitrogens with one attached hydrogen (secondary N) is 2. The molecular formula is C31H30N4O3. The van der Waals surface area contributed by atoms with Crippen molar-refractivity contribution in [1.82, 2.24) is 15.2 Å². The monoisotopic (exact) mass is 506 g/mol. The zero-order chi connectivity index (χ0) is 26.6. The number of hydrogen-bond acceptors (Lipinski definition) is 3. The van der Waals surface area contributed by atoms with Crippen LogP contribution in [0.5, 0.6) is 0 Å². The molecule has 7 nitrogen and oxygen atoms in total. The van der Waals surface area contributed by atoms with Gasteiger partial charge in [0.25, 0.3) is 11.8 Å². The first-order chi connectivity index (χ1) is 18.4. The van der Waals surface area contributed by atoms with E-state index in [9.17, 15) is 14.4 Å². The Morgan fingerprint density at radius 1 is 1.03 bits per heavy atom. The van der Waals surface area contributed by atoms with E-state index in [2.05, 4.69) is 16.4 Å². The highest BCUT2D eigenvalue weighted by molar-refractivity contribution is 6.22. The minimum Gasteiger partial charge on any atom is -0.356 e. The van der Waals surface area contributed by atoms with Crippen LogP contribution in [0.15, 0.2) is 72.8 Å². The summed E-state index contributed by atoms with van der Waals surface area (Å²) in [5, 5.41) is 4.02. The molecular weight excluding hydrogens is 476 g/mol. The summed E-state index contributed by atoms with van der Waals surface area (Å²) in [6, 6.07) is 21.6. The van der Waals surface area contributed by atoms with Crippen LogP contribution in [0.25, 0.3) is 10.9 Å². The number of anilines is 1. The third-order valence-corrected chi connectivity index (χ3v) is 7.82. The summed E-state index contributed by atoms with van der Waals surface area (Å²) < 4.78 is 0. The molecule has 1 saturated heterocycles. The largest absolute Gasteiger partial charge is 0.356 e. The van der Waals surface area contributed by atoms with Crippen molar-refractivity contribution in [3.05, 3.63) is 101 Å². The van der Waals surface area contributed by atoms with Gasteiger partial charge in [0.2, 0.25) is 0 Å². The van der Waals surface area contributed by atoms with E-state index >= 15 is 0 Å². The van der Waals surface area contributed by atoms with E-state index in [1.54, 1.807) is 29.2 Å². The summed E-state index contributed by atoms with van der Waals surface area (Å²) in [4.78, 5) is 46.9. The molecule has 38 heavy (non-hydrogen) atoms. The zero-order valence-electron chi connectivity index (χ0n) is 21.7. The molecule has 3 aromatic carbocycles. The van der Waals surface area contributed by atoms with Gasteiger partial charge in [-0.2, -0.15) is 0 Å². The van der Waals surface area contributed by atoms with Crippen molar-refractivity contribution in [3.8, 4) is 0 Å². The number of rotatable bonds is 5. The molecule has 6 rings (SSSR count). The standard InChI is InChI=1S/C31H30N4O3/c1-4-19(3)32-29(36)21-13-15-22(16-14-21)34-30(37)26-17-24-23-7-5-6-8-25(23)33-27(24)28(35(26)31(34)38)20-11-9-18(2)10-12-20/h5-16,19,26,28,33H,4,17H2,1-3H3,(H,32,36)/t19-,26-,28+/m0/s1. The van der Waals surface area contributed by atoms with Crippen molar-refractivity contribution in [2.45, 2.75) is 51.7 Å². The number of imide groups is 1. The predicted molar refractivity (Wildman–Crippen MR) is 147 cm³/mol. The molecule has 7 heteroatoms. The minimum absolute atomic E-state index is 0.0618. The van der Waals surface area contributed by atoms with Crippen LogP contribution in [0, 0.1) is 6.92 Å². The number of aromatic amines is 1. The normalized spacial score (nSPS) is 19.4. The molecule has 2 aliphatic heterocycles. The Kier molecular flexibility index (Phi) is 5.79. The van der Waals surface area contributed by atoms with E-state index < -0.39 is 12.1 Å². The molecule has 1 fully saturated rings. The Morgan fingerprint density at radius 3 is 2.45 bits per heavy atom. The van der Waals surface area contributed by atoms with Crippen LogP contribution in [0.3, 0.4) is 0 Å². The first-order valence-electron chi connectivity index (χ1n) is 13.1. The summed E-state index contributed by atoms with van der Waals surface area (Å²) in [6.45, 7) is 5.99. The van der Waals surface area contributed by atoms with E-state index in [0.29, 0.717) is 17.7 Å². The molecule has 2 aliphatic rings. The Bertz CT molecular complexity index is 1550. The van der Waals surface area contributed by atoms with Crippen LogP contribution >= 0.6 is 0 Å². The molecule has 192 valence electrons. The Hall–Kier alpha value is -4.39. The number of aromatic nitrogens is 1. The van der Waals surface area contributed by atoms with Crippen LogP contribution in [-0.4, -0.2) is 39.8 Å². The molecule has 0 bridgehead atoms. The van der Waals surface area contributed by atoms with Gasteiger partial charge in [-0.15, -0.1) is 0 Å². The second kappa shape index (κ2) is 9.17. The topological polar surface area (TPSA) is 85.5 Å². The second-order valence-corrected chi connectivity index (χ2v) is 10.3. The fourth-order valence-corrected chi connectivity index (χ4v) is 5.58. The van der Waals surface area contributed by atoms with Crippen molar-refractivity contribution in [1.29, 1.82) is 0 Å². The molecule has 4 aromatic rings. The summed E-state index contributed by atoms with van der Waals surface area (Å²) in [6.07, 6.45) is 1.27. The average molecular weight is 507 g/mol. The van der Waals surface area contributed by atoms with Crippen molar-refractivity contribution < 1.29 is 14.4 Å². The quantitative estimate of drug-likeness (QED) is 0.351. The number of H-pyrrole nitrogens is 1. The lowest BCUT2D eigenvalue weighted by atomic mass is 9.88. The van der Waals surface area contributed by atoms with Gasteiger partial charge in [0.15, 0.2) is 0 Å². The molecule has 3 heterocycles.